The fourth-order valence-electron chi connectivity index (χ4n) is 3.01. The van der Waals surface area contributed by atoms with Gasteiger partial charge in [0.2, 0.25) is 0 Å². The molecule has 3 nitrogen and oxygen atoms in total. The topological polar surface area (TPSA) is 30.5 Å². The van der Waals surface area contributed by atoms with E-state index in [2.05, 4.69) is 23.5 Å². The van der Waals surface area contributed by atoms with Gasteiger partial charge in [-0.15, -0.1) is 0 Å². The van der Waals surface area contributed by atoms with Crippen LogP contribution < -0.4 is 14.8 Å². The van der Waals surface area contributed by atoms with Crippen molar-refractivity contribution in [1.29, 1.82) is 0 Å². The van der Waals surface area contributed by atoms with Crippen LogP contribution in [0.3, 0.4) is 0 Å². The molecule has 22 heavy (non-hydrogen) atoms. The maximum atomic E-state index is 6.41. The Hall–Kier alpha value is -1.45. The Morgan fingerprint density at radius 2 is 2.09 bits per heavy atom. The molecule has 0 heterocycles. The molecular formula is C18H22ClNO2. The van der Waals surface area contributed by atoms with Crippen LogP contribution in [0.4, 0.5) is 0 Å². The van der Waals surface area contributed by atoms with E-state index in [9.17, 15) is 0 Å². The summed E-state index contributed by atoms with van der Waals surface area (Å²) < 4.78 is 10.6. The highest BCUT2D eigenvalue weighted by Crippen LogP contribution is 2.41. The zero-order valence-corrected chi connectivity index (χ0v) is 13.8. The summed E-state index contributed by atoms with van der Waals surface area (Å²) in [6.45, 7) is 0.747. The number of hydrogen-bond donors (Lipinski definition) is 1. The zero-order chi connectivity index (χ0) is 15.5. The summed E-state index contributed by atoms with van der Waals surface area (Å²) in [5.41, 5.74) is 2.53. The number of nitrogens with one attached hydrogen (secondary N) is 1. The molecule has 2 aliphatic rings. The number of ether oxygens (including phenoxy) is 2. The lowest BCUT2D eigenvalue weighted by Crippen LogP contribution is -2.18. The highest BCUT2D eigenvalue weighted by Gasteiger charge is 2.38. The third-order valence-corrected chi connectivity index (χ3v) is 4.78. The SMILES string of the molecule is COc1ccc(CNC2CC2C2=CCCC=C2)c(Cl)c1OC. The maximum Gasteiger partial charge on any atom is 0.179 e. The number of rotatable bonds is 6. The molecule has 4 heteroatoms. The predicted octanol–water partition coefficient (Wildman–Crippen LogP) is 4.11. The molecule has 0 aliphatic heterocycles. The van der Waals surface area contributed by atoms with Gasteiger partial charge in [-0.3, -0.25) is 0 Å². The summed E-state index contributed by atoms with van der Waals surface area (Å²) in [4.78, 5) is 0. The number of halogens is 1. The van der Waals surface area contributed by atoms with Gasteiger partial charge in [0, 0.05) is 18.5 Å². The molecule has 1 fully saturated rings. The first-order valence-electron chi connectivity index (χ1n) is 7.74. The van der Waals surface area contributed by atoms with Gasteiger partial charge >= 0.3 is 0 Å². The van der Waals surface area contributed by atoms with Crippen LogP contribution in [0, 0.1) is 5.92 Å². The lowest BCUT2D eigenvalue weighted by Gasteiger charge is -2.13. The number of allylic oxidation sites excluding steroid dienone is 3. The fourth-order valence-corrected chi connectivity index (χ4v) is 3.31. The third-order valence-electron chi connectivity index (χ3n) is 4.36. The summed E-state index contributed by atoms with van der Waals surface area (Å²) >= 11 is 6.41. The molecule has 0 spiro atoms. The summed E-state index contributed by atoms with van der Waals surface area (Å²) in [7, 11) is 3.23. The Balaban J connectivity index is 1.61. The molecule has 1 saturated carbocycles. The van der Waals surface area contributed by atoms with Gasteiger partial charge < -0.3 is 14.8 Å². The second-order valence-corrected chi connectivity index (χ2v) is 6.17. The Labute approximate surface area is 137 Å². The molecule has 0 saturated heterocycles. The van der Waals surface area contributed by atoms with Gasteiger partial charge in [0.05, 0.1) is 19.2 Å². The number of methoxy groups -OCH3 is 2. The van der Waals surface area contributed by atoms with Crippen LogP contribution in [-0.2, 0) is 6.54 Å². The van der Waals surface area contributed by atoms with E-state index in [1.165, 1.54) is 24.8 Å². The molecule has 1 aromatic rings. The molecule has 3 rings (SSSR count). The lowest BCUT2D eigenvalue weighted by atomic mass is 10.0. The van der Waals surface area contributed by atoms with E-state index in [0.29, 0.717) is 28.5 Å². The van der Waals surface area contributed by atoms with Crippen LogP contribution in [0.25, 0.3) is 0 Å². The minimum Gasteiger partial charge on any atom is -0.493 e. The van der Waals surface area contributed by atoms with Crippen molar-refractivity contribution in [3.05, 3.63) is 46.5 Å². The highest BCUT2D eigenvalue weighted by molar-refractivity contribution is 6.33. The lowest BCUT2D eigenvalue weighted by molar-refractivity contribution is 0.354. The van der Waals surface area contributed by atoms with Crippen molar-refractivity contribution in [3.8, 4) is 11.5 Å². The Bertz CT molecular complexity index is 609. The van der Waals surface area contributed by atoms with Gasteiger partial charge in [-0.1, -0.05) is 35.9 Å². The average Bonchev–Trinajstić information content (AvgIpc) is 3.34. The van der Waals surface area contributed by atoms with E-state index >= 15 is 0 Å². The summed E-state index contributed by atoms with van der Waals surface area (Å²) in [6, 6.07) is 4.45. The van der Waals surface area contributed by atoms with Crippen LogP contribution in [0.15, 0.2) is 35.9 Å². The van der Waals surface area contributed by atoms with Crippen molar-refractivity contribution in [1.82, 2.24) is 5.32 Å². The van der Waals surface area contributed by atoms with E-state index in [0.717, 1.165) is 12.1 Å². The Morgan fingerprint density at radius 1 is 1.23 bits per heavy atom. The maximum absolute atomic E-state index is 6.41. The van der Waals surface area contributed by atoms with Gasteiger partial charge in [-0.2, -0.15) is 0 Å². The molecule has 118 valence electrons. The van der Waals surface area contributed by atoms with E-state index in [-0.39, 0.29) is 0 Å². The predicted molar refractivity (Wildman–Crippen MR) is 89.7 cm³/mol. The molecule has 0 amide bonds. The van der Waals surface area contributed by atoms with Gasteiger partial charge in [-0.25, -0.2) is 0 Å². The number of benzene rings is 1. The summed E-state index contributed by atoms with van der Waals surface area (Å²) in [5.74, 6) is 1.93. The van der Waals surface area contributed by atoms with Gasteiger partial charge in [0.25, 0.3) is 0 Å². The highest BCUT2D eigenvalue weighted by atomic mass is 35.5. The standard InChI is InChI=1S/C18H22ClNO2/c1-21-16-9-8-13(17(19)18(16)22-2)11-20-15-10-14(15)12-6-4-3-5-7-12/h4,6-9,14-15,20H,3,5,10-11H2,1-2H3. The quantitative estimate of drug-likeness (QED) is 0.856. The van der Waals surface area contributed by atoms with E-state index in [1.54, 1.807) is 14.2 Å². The van der Waals surface area contributed by atoms with Crippen molar-refractivity contribution < 1.29 is 9.47 Å². The van der Waals surface area contributed by atoms with Crippen molar-refractivity contribution in [2.45, 2.75) is 31.8 Å². The third kappa shape index (κ3) is 3.16. The van der Waals surface area contributed by atoms with Crippen molar-refractivity contribution in [3.63, 3.8) is 0 Å². The minimum atomic E-state index is 0.554. The van der Waals surface area contributed by atoms with Crippen molar-refractivity contribution in [2.75, 3.05) is 14.2 Å². The molecule has 0 bridgehead atoms. The van der Waals surface area contributed by atoms with Crippen molar-refractivity contribution in [2.24, 2.45) is 5.92 Å². The molecule has 0 aromatic heterocycles. The first kappa shape index (κ1) is 15.4. The van der Waals surface area contributed by atoms with Crippen LogP contribution in [0.5, 0.6) is 11.5 Å². The molecular weight excluding hydrogens is 298 g/mol. The molecule has 0 radical (unpaired) electrons. The van der Waals surface area contributed by atoms with Crippen LogP contribution >= 0.6 is 11.6 Å². The van der Waals surface area contributed by atoms with E-state index in [1.807, 2.05) is 12.1 Å². The molecule has 1 aromatic carbocycles. The Morgan fingerprint density at radius 3 is 2.77 bits per heavy atom. The van der Waals surface area contributed by atoms with Crippen LogP contribution in [-0.4, -0.2) is 20.3 Å². The van der Waals surface area contributed by atoms with Gasteiger partial charge in [0.1, 0.15) is 0 Å². The zero-order valence-electron chi connectivity index (χ0n) is 13.1. The monoisotopic (exact) mass is 319 g/mol. The summed E-state index contributed by atoms with van der Waals surface area (Å²) in [5, 5.41) is 4.22. The minimum absolute atomic E-state index is 0.554. The first-order chi connectivity index (χ1) is 10.7. The van der Waals surface area contributed by atoms with Gasteiger partial charge in [0.15, 0.2) is 11.5 Å². The first-order valence-corrected chi connectivity index (χ1v) is 8.11. The van der Waals surface area contributed by atoms with E-state index in [4.69, 9.17) is 21.1 Å². The molecule has 2 aliphatic carbocycles. The molecule has 2 unspecified atom stereocenters. The average molecular weight is 320 g/mol. The van der Waals surface area contributed by atoms with Crippen LogP contribution in [0.2, 0.25) is 5.02 Å². The van der Waals surface area contributed by atoms with Gasteiger partial charge in [-0.05, 0) is 36.5 Å². The normalized spacial score (nSPS) is 23.1. The summed E-state index contributed by atoms with van der Waals surface area (Å²) in [6.07, 6.45) is 10.5. The smallest absolute Gasteiger partial charge is 0.179 e. The largest absolute Gasteiger partial charge is 0.493 e. The Kier molecular flexibility index (Phi) is 4.74. The fraction of sp³-hybridized carbons (Fsp3) is 0.444. The van der Waals surface area contributed by atoms with E-state index < -0.39 is 0 Å². The number of hydrogen-bond acceptors (Lipinski definition) is 3. The second kappa shape index (κ2) is 6.76. The molecule has 1 N–H and O–H groups in total. The second-order valence-electron chi connectivity index (χ2n) is 5.79. The van der Waals surface area contributed by atoms with Crippen molar-refractivity contribution >= 4 is 11.6 Å². The van der Waals surface area contributed by atoms with Crippen LogP contribution in [0.1, 0.15) is 24.8 Å². The molecule has 2 atom stereocenters.